The van der Waals surface area contributed by atoms with Gasteiger partial charge in [0.05, 0.1) is 5.25 Å². The molecule has 0 aromatic rings. The molecule has 5 nitrogen and oxygen atoms in total. The van der Waals surface area contributed by atoms with Crippen LogP contribution in [0.5, 0.6) is 0 Å². The molecule has 0 amide bonds. The van der Waals surface area contributed by atoms with E-state index in [2.05, 4.69) is 9.62 Å². The highest BCUT2D eigenvalue weighted by atomic mass is 32.2. The lowest BCUT2D eigenvalue weighted by atomic mass is 10.1. The highest BCUT2D eigenvalue weighted by Gasteiger charge is 2.35. The van der Waals surface area contributed by atoms with Gasteiger partial charge in [-0.25, -0.2) is 13.1 Å². The van der Waals surface area contributed by atoms with E-state index in [9.17, 15) is 8.42 Å². The molecule has 2 rings (SSSR count). The van der Waals surface area contributed by atoms with Gasteiger partial charge < -0.3 is 10.6 Å². The van der Waals surface area contributed by atoms with Crippen LogP contribution in [0.15, 0.2) is 0 Å². The van der Waals surface area contributed by atoms with Gasteiger partial charge in [-0.05, 0) is 38.8 Å². The maximum absolute atomic E-state index is 11.5. The topological polar surface area (TPSA) is 75.4 Å². The maximum Gasteiger partial charge on any atom is 0.214 e. The number of hydrogen-bond acceptors (Lipinski definition) is 4. The van der Waals surface area contributed by atoms with Gasteiger partial charge in [-0.2, -0.15) is 0 Å². The lowest BCUT2D eigenvalue weighted by molar-refractivity contribution is 0.217. The second-order valence-electron chi connectivity index (χ2n) is 4.82. The van der Waals surface area contributed by atoms with E-state index in [1.54, 1.807) is 0 Å². The molecule has 6 heteroatoms. The Morgan fingerprint density at radius 3 is 2.38 bits per heavy atom. The predicted molar refractivity (Wildman–Crippen MR) is 63.6 cm³/mol. The summed E-state index contributed by atoms with van der Waals surface area (Å²) in [5.41, 5.74) is 5.80. The smallest absolute Gasteiger partial charge is 0.214 e. The fourth-order valence-electron chi connectivity index (χ4n) is 2.02. The summed E-state index contributed by atoms with van der Waals surface area (Å²) in [6.45, 7) is 3.32. The number of nitrogens with one attached hydrogen (secondary N) is 1. The Labute approximate surface area is 97.4 Å². The Balaban J connectivity index is 1.64. The van der Waals surface area contributed by atoms with Crippen LogP contribution in [0.1, 0.15) is 25.7 Å². The first kappa shape index (κ1) is 12.3. The van der Waals surface area contributed by atoms with Crippen molar-refractivity contribution in [2.75, 3.05) is 26.2 Å². The van der Waals surface area contributed by atoms with Gasteiger partial charge >= 0.3 is 0 Å². The SMILES string of the molecule is NC1CCN(CCNS(=O)(=O)C2CC2)CC1. The molecule has 0 radical (unpaired) electrons. The van der Waals surface area contributed by atoms with Crippen LogP contribution in [0.3, 0.4) is 0 Å². The molecular weight excluding hydrogens is 226 g/mol. The zero-order chi connectivity index (χ0) is 11.6. The van der Waals surface area contributed by atoms with E-state index in [1.165, 1.54) is 0 Å². The molecular formula is C10H21N3O2S. The fourth-order valence-corrected chi connectivity index (χ4v) is 3.39. The van der Waals surface area contributed by atoms with Crippen LogP contribution < -0.4 is 10.5 Å². The Morgan fingerprint density at radius 1 is 1.19 bits per heavy atom. The van der Waals surface area contributed by atoms with Crippen molar-refractivity contribution in [2.24, 2.45) is 5.73 Å². The largest absolute Gasteiger partial charge is 0.328 e. The third-order valence-corrected chi connectivity index (χ3v) is 5.28. The van der Waals surface area contributed by atoms with Crippen molar-refractivity contribution in [3.8, 4) is 0 Å². The number of nitrogens with zero attached hydrogens (tertiary/aromatic N) is 1. The van der Waals surface area contributed by atoms with E-state index in [1.807, 2.05) is 0 Å². The molecule has 94 valence electrons. The summed E-state index contributed by atoms with van der Waals surface area (Å²) in [5, 5.41) is -0.109. The van der Waals surface area contributed by atoms with E-state index >= 15 is 0 Å². The third kappa shape index (κ3) is 3.41. The molecule has 0 spiro atoms. The Hall–Kier alpha value is -0.170. The number of nitrogens with two attached hydrogens (primary N) is 1. The first-order valence-corrected chi connectivity index (χ1v) is 7.59. The summed E-state index contributed by atoms with van der Waals surface area (Å²) in [6, 6.07) is 0.333. The van der Waals surface area contributed by atoms with Gasteiger partial charge in [0.25, 0.3) is 0 Å². The third-order valence-electron chi connectivity index (χ3n) is 3.33. The van der Waals surface area contributed by atoms with Crippen LogP contribution in [0, 0.1) is 0 Å². The van der Waals surface area contributed by atoms with E-state index < -0.39 is 10.0 Å². The quantitative estimate of drug-likeness (QED) is 0.686. The summed E-state index contributed by atoms with van der Waals surface area (Å²) >= 11 is 0. The van der Waals surface area contributed by atoms with Crippen LogP contribution in [0.25, 0.3) is 0 Å². The number of piperidine rings is 1. The number of hydrogen-bond donors (Lipinski definition) is 2. The molecule has 1 aliphatic heterocycles. The average molecular weight is 247 g/mol. The van der Waals surface area contributed by atoms with Gasteiger partial charge in [0.15, 0.2) is 0 Å². The van der Waals surface area contributed by atoms with Gasteiger partial charge in [0.1, 0.15) is 0 Å². The second kappa shape index (κ2) is 5.00. The van der Waals surface area contributed by atoms with Crippen molar-refractivity contribution in [2.45, 2.75) is 37.0 Å². The van der Waals surface area contributed by atoms with Crippen LogP contribution in [-0.4, -0.2) is 50.8 Å². The Bertz CT molecular complexity index is 319. The highest BCUT2D eigenvalue weighted by Crippen LogP contribution is 2.27. The Morgan fingerprint density at radius 2 is 1.81 bits per heavy atom. The Kier molecular flexibility index (Phi) is 3.84. The van der Waals surface area contributed by atoms with E-state index in [0.717, 1.165) is 45.3 Å². The molecule has 0 bridgehead atoms. The minimum Gasteiger partial charge on any atom is -0.328 e. The highest BCUT2D eigenvalue weighted by molar-refractivity contribution is 7.90. The molecule has 0 atom stereocenters. The summed E-state index contributed by atoms with van der Waals surface area (Å²) in [5.74, 6) is 0. The van der Waals surface area contributed by atoms with Crippen molar-refractivity contribution in [1.29, 1.82) is 0 Å². The van der Waals surface area contributed by atoms with Crippen molar-refractivity contribution >= 4 is 10.0 Å². The summed E-state index contributed by atoms with van der Waals surface area (Å²) in [7, 11) is -3.00. The molecule has 1 aliphatic carbocycles. The molecule has 1 saturated heterocycles. The first-order chi connectivity index (χ1) is 7.58. The molecule has 16 heavy (non-hydrogen) atoms. The molecule has 0 aromatic heterocycles. The predicted octanol–water partition coefficient (Wildman–Crippen LogP) is -0.509. The maximum atomic E-state index is 11.5. The van der Waals surface area contributed by atoms with Gasteiger partial charge in [0.2, 0.25) is 10.0 Å². The number of rotatable bonds is 5. The van der Waals surface area contributed by atoms with Gasteiger partial charge in [-0.3, -0.25) is 0 Å². The van der Waals surface area contributed by atoms with E-state index in [-0.39, 0.29) is 5.25 Å². The van der Waals surface area contributed by atoms with Crippen LogP contribution >= 0.6 is 0 Å². The van der Waals surface area contributed by atoms with E-state index in [0.29, 0.717) is 12.6 Å². The molecule has 0 aromatic carbocycles. The zero-order valence-corrected chi connectivity index (χ0v) is 10.4. The van der Waals surface area contributed by atoms with Crippen molar-refractivity contribution in [3.63, 3.8) is 0 Å². The van der Waals surface area contributed by atoms with Crippen molar-refractivity contribution in [1.82, 2.24) is 9.62 Å². The van der Waals surface area contributed by atoms with Crippen molar-refractivity contribution < 1.29 is 8.42 Å². The minimum absolute atomic E-state index is 0.109. The van der Waals surface area contributed by atoms with Gasteiger partial charge in [-0.15, -0.1) is 0 Å². The molecule has 1 saturated carbocycles. The molecule has 0 unspecified atom stereocenters. The molecule has 1 heterocycles. The summed E-state index contributed by atoms with van der Waals surface area (Å²) < 4.78 is 25.8. The summed E-state index contributed by atoms with van der Waals surface area (Å²) in [4.78, 5) is 2.28. The lowest BCUT2D eigenvalue weighted by Crippen LogP contribution is -2.43. The lowest BCUT2D eigenvalue weighted by Gasteiger charge is -2.29. The number of sulfonamides is 1. The molecule has 2 aliphatic rings. The average Bonchev–Trinajstić information content (AvgIpc) is 3.04. The first-order valence-electron chi connectivity index (χ1n) is 6.04. The minimum atomic E-state index is -3.00. The molecule has 2 fully saturated rings. The van der Waals surface area contributed by atoms with Gasteiger partial charge in [0, 0.05) is 19.1 Å². The van der Waals surface area contributed by atoms with E-state index in [4.69, 9.17) is 5.73 Å². The summed E-state index contributed by atoms with van der Waals surface area (Å²) in [6.07, 6.45) is 3.70. The standard InChI is InChI=1S/C10H21N3O2S/c11-9-3-6-13(7-4-9)8-5-12-16(14,15)10-1-2-10/h9-10,12H,1-8,11H2. The zero-order valence-electron chi connectivity index (χ0n) is 9.56. The van der Waals surface area contributed by atoms with Crippen LogP contribution in [-0.2, 0) is 10.0 Å². The molecule has 3 N–H and O–H groups in total. The number of likely N-dealkylation sites (tertiary alicyclic amines) is 1. The monoisotopic (exact) mass is 247 g/mol. The van der Waals surface area contributed by atoms with Gasteiger partial charge in [-0.1, -0.05) is 0 Å². The normalized spacial score (nSPS) is 24.8. The fraction of sp³-hybridized carbons (Fsp3) is 1.00. The van der Waals surface area contributed by atoms with Crippen molar-refractivity contribution in [3.05, 3.63) is 0 Å². The second-order valence-corrected chi connectivity index (χ2v) is 6.86. The van der Waals surface area contributed by atoms with Crippen LogP contribution in [0.2, 0.25) is 0 Å². The van der Waals surface area contributed by atoms with Crippen LogP contribution in [0.4, 0.5) is 0 Å².